The zero-order valence-electron chi connectivity index (χ0n) is 8.77. The molecule has 0 atom stereocenters. The van der Waals surface area contributed by atoms with Crippen LogP contribution in [0.5, 0.6) is 0 Å². The molecule has 0 spiro atoms. The summed E-state index contributed by atoms with van der Waals surface area (Å²) in [6.45, 7) is 2.88. The molecule has 1 aliphatic rings. The minimum atomic E-state index is 0.539. The molecule has 1 aromatic heterocycles. The number of nitrogens with zero attached hydrogens (tertiary/aromatic N) is 3. The van der Waals surface area contributed by atoms with Gasteiger partial charge >= 0.3 is 0 Å². The Kier molecular flexibility index (Phi) is 2.95. The Labute approximate surface area is 89.5 Å². The second-order valence-corrected chi connectivity index (χ2v) is 3.85. The van der Waals surface area contributed by atoms with Gasteiger partial charge in [0.15, 0.2) is 0 Å². The van der Waals surface area contributed by atoms with Crippen molar-refractivity contribution >= 4 is 0 Å². The molecule has 1 aliphatic heterocycles. The summed E-state index contributed by atoms with van der Waals surface area (Å²) in [4.78, 5) is 6.31. The lowest BCUT2D eigenvalue weighted by Gasteiger charge is -2.35. The van der Waals surface area contributed by atoms with Gasteiger partial charge in [0, 0.05) is 37.4 Å². The molecule has 0 unspecified atom stereocenters. The van der Waals surface area contributed by atoms with E-state index in [0.717, 1.165) is 25.2 Å². The van der Waals surface area contributed by atoms with Crippen LogP contribution in [0.1, 0.15) is 11.3 Å². The lowest BCUT2D eigenvalue weighted by Crippen LogP contribution is -2.55. The lowest BCUT2D eigenvalue weighted by molar-refractivity contribution is 0.173. The van der Waals surface area contributed by atoms with Gasteiger partial charge in [0.1, 0.15) is 11.8 Å². The first-order valence-electron chi connectivity index (χ1n) is 5.06. The van der Waals surface area contributed by atoms with Crippen LogP contribution < -0.4 is 5.32 Å². The zero-order chi connectivity index (χ0) is 10.7. The van der Waals surface area contributed by atoms with E-state index in [0.29, 0.717) is 11.7 Å². The van der Waals surface area contributed by atoms with Crippen LogP contribution in [-0.2, 0) is 6.54 Å². The van der Waals surface area contributed by atoms with Gasteiger partial charge in [-0.25, -0.2) is 4.98 Å². The summed E-state index contributed by atoms with van der Waals surface area (Å²) in [7, 11) is 2.08. The molecule has 2 heterocycles. The van der Waals surface area contributed by atoms with E-state index < -0.39 is 0 Å². The monoisotopic (exact) mass is 202 g/mol. The molecule has 1 saturated heterocycles. The van der Waals surface area contributed by atoms with Crippen molar-refractivity contribution in [1.82, 2.24) is 15.2 Å². The van der Waals surface area contributed by atoms with Gasteiger partial charge in [0.25, 0.3) is 0 Å². The molecule has 0 aromatic carbocycles. The summed E-state index contributed by atoms with van der Waals surface area (Å²) in [6, 6.07) is 6.56. The van der Waals surface area contributed by atoms with E-state index in [1.54, 1.807) is 6.20 Å². The molecule has 0 saturated carbocycles. The van der Waals surface area contributed by atoms with E-state index in [2.05, 4.69) is 28.3 Å². The van der Waals surface area contributed by atoms with Crippen LogP contribution >= 0.6 is 0 Å². The average Bonchev–Trinajstić information content (AvgIpc) is 2.15. The Balaban J connectivity index is 2.06. The zero-order valence-corrected chi connectivity index (χ0v) is 8.77. The van der Waals surface area contributed by atoms with Crippen LogP contribution in [0.3, 0.4) is 0 Å². The smallest absolute Gasteiger partial charge is 0.144 e. The van der Waals surface area contributed by atoms with Gasteiger partial charge < -0.3 is 5.32 Å². The van der Waals surface area contributed by atoms with Crippen LogP contribution in [0.25, 0.3) is 0 Å². The van der Waals surface area contributed by atoms with Crippen LogP contribution in [0.15, 0.2) is 18.3 Å². The molecule has 15 heavy (non-hydrogen) atoms. The molecule has 0 aliphatic carbocycles. The van der Waals surface area contributed by atoms with Crippen LogP contribution in [0.4, 0.5) is 0 Å². The SMILES string of the molecule is CN(Cc1cccnc1C#N)C1CNC1. The molecule has 0 radical (unpaired) electrons. The summed E-state index contributed by atoms with van der Waals surface area (Å²) in [6.07, 6.45) is 1.66. The van der Waals surface area contributed by atoms with Crippen LogP contribution in [0.2, 0.25) is 0 Å². The van der Waals surface area contributed by atoms with Crippen LogP contribution in [-0.4, -0.2) is 36.1 Å². The fourth-order valence-electron chi connectivity index (χ4n) is 1.65. The van der Waals surface area contributed by atoms with E-state index in [9.17, 15) is 0 Å². The van der Waals surface area contributed by atoms with Crippen molar-refractivity contribution in [2.24, 2.45) is 0 Å². The maximum atomic E-state index is 8.90. The van der Waals surface area contributed by atoms with E-state index in [1.807, 2.05) is 12.1 Å². The summed E-state index contributed by atoms with van der Waals surface area (Å²) in [5.41, 5.74) is 1.55. The number of nitriles is 1. The van der Waals surface area contributed by atoms with E-state index >= 15 is 0 Å². The van der Waals surface area contributed by atoms with E-state index in [4.69, 9.17) is 5.26 Å². The molecule has 1 aromatic rings. The fraction of sp³-hybridized carbons (Fsp3) is 0.455. The molecule has 0 amide bonds. The Bertz CT molecular complexity index is 378. The van der Waals surface area contributed by atoms with Crippen molar-refractivity contribution < 1.29 is 0 Å². The van der Waals surface area contributed by atoms with Crippen molar-refractivity contribution in [2.75, 3.05) is 20.1 Å². The third-order valence-corrected chi connectivity index (χ3v) is 2.80. The highest BCUT2D eigenvalue weighted by molar-refractivity contribution is 5.30. The Morgan fingerprint density at radius 2 is 2.47 bits per heavy atom. The Hall–Kier alpha value is -1.44. The van der Waals surface area contributed by atoms with Gasteiger partial charge in [-0.05, 0) is 13.1 Å². The standard InChI is InChI=1S/C11H14N4/c1-15(10-6-13-7-10)8-9-3-2-4-14-11(9)5-12/h2-4,10,13H,6-8H2,1H3. The highest BCUT2D eigenvalue weighted by Gasteiger charge is 2.21. The Morgan fingerprint density at radius 3 is 3.07 bits per heavy atom. The third kappa shape index (κ3) is 2.14. The number of hydrogen-bond acceptors (Lipinski definition) is 4. The fourth-order valence-corrected chi connectivity index (χ4v) is 1.65. The normalized spacial score (nSPS) is 16.1. The predicted octanol–water partition coefficient (Wildman–Crippen LogP) is 0.357. The first-order chi connectivity index (χ1) is 7.31. The van der Waals surface area contributed by atoms with Gasteiger partial charge in [0.05, 0.1) is 0 Å². The lowest BCUT2D eigenvalue weighted by atomic mass is 10.1. The van der Waals surface area contributed by atoms with Gasteiger partial charge in [-0.2, -0.15) is 5.26 Å². The molecule has 1 N–H and O–H groups in total. The number of pyridine rings is 1. The highest BCUT2D eigenvalue weighted by atomic mass is 15.2. The van der Waals surface area contributed by atoms with Gasteiger partial charge in [-0.15, -0.1) is 0 Å². The van der Waals surface area contributed by atoms with Gasteiger partial charge in [0.2, 0.25) is 0 Å². The van der Waals surface area contributed by atoms with Gasteiger partial charge in [-0.1, -0.05) is 6.07 Å². The third-order valence-electron chi connectivity index (χ3n) is 2.80. The van der Waals surface area contributed by atoms with Crippen molar-refractivity contribution in [3.05, 3.63) is 29.6 Å². The molecule has 2 rings (SSSR count). The molecule has 4 heteroatoms. The summed E-state index contributed by atoms with van der Waals surface area (Å²) >= 11 is 0. The summed E-state index contributed by atoms with van der Waals surface area (Å²) in [5.74, 6) is 0. The molecular formula is C11H14N4. The topological polar surface area (TPSA) is 52.0 Å². The van der Waals surface area contributed by atoms with Gasteiger partial charge in [-0.3, -0.25) is 4.90 Å². The Morgan fingerprint density at radius 1 is 1.67 bits per heavy atom. The van der Waals surface area contributed by atoms with E-state index in [-0.39, 0.29) is 0 Å². The second-order valence-electron chi connectivity index (χ2n) is 3.85. The maximum absolute atomic E-state index is 8.90. The number of aromatic nitrogens is 1. The largest absolute Gasteiger partial charge is 0.314 e. The highest BCUT2D eigenvalue weighted by Crippen LogP contribution is 2.11. The predicted molar refractivity (Wildman–Crippen MR) is 57.1 cm³/mol. The number of likely N-dealkylation sites (N-methyl/N-ethyl adjacent to an activating group) is 1. The average molecular weight is 202 g/mol. The quantitative estimate of drug-likeness (QED) is 0.768. The summed E-state index contributed by atoms with van der Waals surface area (Å²) < 4.78 is 0. The van der Waals surface area contributed by atoms with Crippen molar-refractivity contribution in [3.8, 4) is 6.07 Å². The molecule has 4 nitrogen and oxygen atoms in total. The number of rotatable bonds is 3. The van der Waals surface area contributed by atoms with Crippen molar-refractivity contribution in [3.63, 3.8) is 0 Å². The van der Waals surface area contributed by atoms with Crippen molar-refractivity contribution in [2.45, 2.75) is 12.6 Å². The van der Waals surface area contributed by atoms with Crippen LogP contribution in [0, 0.1) is 11.3 Å². The minimum Gasteiger partial charge on any atom is -0.314 e. The first-order valence-corrected chi connectivity index (χ1v) is 5.06. The molecule has 1 fully saturated rings. The molecule has 0 bridgehead atoms. The molecule has 78 valence electrons. The van der Waals surface area contributed by atoms with Crippen molar-refractivity contribution in [1.29, 1.82) is 5.26 Å². The number of hydrogen-bond donors (Lipinski definition) is 1. The maximum Gasteiger partial charge on any atom is 0.144 e. The number of nitrogens with one attached hydrogen (secondary N) is 1. The minimum absolute atomic E-state index is 0.539. The molecular weight excluding hydrogens is 188 g/mol. The van der Waals surface area contributed by atoms with E-state index in [1.165, 1.54) is 0 Å². The second kappa shape index (κ2) is 4.39. The first kappa shape index (κ1) is 10.1. The summed E-state index contributed by atoms with van der Waals surface area (Å²) in [5, 5.41) is 12.1.